The normalized spacial score (nSPS) is 48.0. The van der Waals surface area contributed by atoms with E-state index in [1.165, 1.54) is 12.8 Å². The highest BCUT2D eigenvalue weighted by atomic mass is 16.5. The quantitative estimate of drug-likeness (QED) is 0.244. The average Bonchev–Trinajstić information content (AvgIpc) is 2.82. The van der Waals surface area contributed by atoms with Crippen molar-refractivity contribution in [3.05, 3.63) is 11.6 Å². The smallest absolute Gasteiger partial charge is 0.312 e. The van der Waals surface area contributed by atoms with Gasteiger partial charge in [-0.3, -0.25) is 4.79 Å². The molecule has 0 aliphatic heterocycles. The largest absolute Gasteiger partial charge is 0.464 e. The molecule has 0 saturated heterocycles. The number of fused-ring (bicyclic) bond motifs is 7. The lowest BCUT2D eigenvalue weighted by atomic mass is 9.33. The molecule has 4 saturated carbocycles. The molecule has 0 amide bonds. The molecule has 4 heteroatoms. The first kappa shape index (κ1) is 27.7. The Morgan fingerprint density at radius 2 is 1.68 bits per heavy atom. The van der Waals surface area contributed by atoms with Crippen molar-refractivity contribution in [2.24, 2.45) is 50.2 Å². The third-order valence-electron chi connectivity index (χ3n) is 13.6. The monoisotopic (exact) mass is 513 g/mol. The molecule has 0 unspecified atom stereocenters. The van der Waals surface area contributed by atoms with Gasteiger partial charge in [0.2, 0.25) is 0 Å². The second-order valence-electron chi connectivity index (χ2n) is 16.0. The molecule has 5 rings (SSSR count). The fourth-order valence-corrected chi connectivity index (χ4v) is 11.0. The van der Waals surface area contributed by atoms with E-state index in [1.54, 1.807) is 5.57 Å². The number of rotatable bonds is 4. The van der Waals surface area contributed by atoms with Crippen LogP contribution in [-0.4, -0.2) is 37.4 Å². The Bertz CT molecular complexity index is 953. The lowest BCUT2D eigenvalue weighted by molar-refractivity contribution is -0.206. The number of aliphatic hydroxyl groups excluding tert-OH is 1. The van der Waals surface area contributed by atoms with Crippen LogP contribution in [-0.2, 0) is 9.53 Å². The van der Waals surface area contributed by atoms with Crippen LogP contribution in [0, 0.1) is 50.2 Å². The van der Waals surface area contributed by atoms with Crippen LogP contribution in [0.5, 0.6) is 0 Å². The summed E-state index contributed by atoms with van der Waals surface area (Å²) in [6.45, 7) is 18.4. The van der Waals surface area contributed by atoms with Crippen LogP contribution in [0.25, 0.3) is 0 Å². The predicted molar refractivity (Wildman–Crippen MR) is 150 cm³/mol. The third-order valence-corrected chi connectivity index (χ3v) is 13.6. The number of esters is 1. The van der Waals surface area contributed by atoms with Crippen LogP contribution in [0.15, 0.2) is 11.6 Å². The molecule has 2 N–H and O–H groups in total. The molecule has 8 atom stereocenters. The van der Waals surface area contributed by atoms with E-state index in [9.17, 15) is 9.90 Å². The zero-order chi connectivity index (χ0) is 27.1. The molecule has 0 aromatic rings. The van der Waals surface area contributed by atoms with Gasteiger partial charge in [-0.15, -0.1) is 0 Å². The second kappa shape index (κ2) is 8.82. The number of hydrogen-bond acceptors (Lipinski definition) is 4. The molecule has 0 radical (unpaired) electrons. The Labute approximate surface area is 226 Å². The van der Waals surface area contributed by atoms with Crippen molar-refractivity contribution in [3.63, 3.8) is 0 Å². The summed E-state index contributed by atoms with van der Waals surface area (Å²) in [5, 5.41) is 14.1. The standard InChI is InChI=1S/C33H55NO3/c1-28(2)15-17-33(27(36)37-20-19-34-8)18-16-31(6)22(23(33)21-28)9-10-25-30(5)13-12-26(35)29(3,4)24(30)11-14-32(25,31)7/h9,23-26,34-35H,10-21H2,1-8H3/t23-,24-,25+,26-,30-,31+,32+,33-/m0/s1. The topological polar surface area (TPSA) is 58.6 Å². The molecule has 0 bridgehead atoms. The van der Waals surface area contributed by atoms with Gasteiger partial charge >= 0.3 is 5.97 Å². The maximum atomic E-state index is 13.8. The van der Waals surface area contributed by atoms with Gasteiger partial charge in [0.25, 0.3) is 0 Å². The molecule has 0 spiro atoms. The van der Waals surface area contributed by atoms with Gasteiger partial charge in [0.15, 0.2) is 0 Å². The number of allylic oxidation sites excluding steroid dienone is 2. The number of hydrogen-bond donors (Lipinski definition) is 2. The van der Waals surface area contributed by atoms with E-state index in [4.69, 9.17) is 4.74 Å². The number of likely N-dealkylation sites (N-methyl/N-ethyl adjacent to an activating group) is 1. The molecule has 210 valence electrons. The fraction of sp³-hybridized carbons (Fsp3) is 0.909. The maximum absolute atomic E-state index is 13.8. The van der Waals surface area contributed by atoms with Crippen molar-refractivity contribution in [1.82, 2.24) is 5.32 Å². The fourth-order valence-electron chi connectivity index (χ4n) is 11.0. The van der Waals surface area contributed by atoms with Crippen molar-refractivity contribution in [2.45, 2.75) is 119 Å². The van der Waals surface area contributed by atoms with E-state index in [0.29, 0.717) is 30.9 Å². The van der Waals surface area contributed by atoms with Crippen molar-refractivity contribution in [3.8, 4) is 0 Å². The molecule has 4 fully saturated rings. The number of ether oxygens (including phenoxy) is 1. The number of carbonyl (C=O) groups is 1. The van der Waals surface area contributed by atoms with Crippen molar-refractivity contribution < 1.29 is 14.6 Å². The molecule has 0 aromatic carbocycles. The summed E-state index contributed by atoms with van der Waals surface area (Å²) in [4.78, 5) is 13.8. The van der Waals surface area contributed by atoms with Gasteiger partial charge in [-0.1, -0.05) is 60.1 Å². The van der Waals surface area contributed by atoms with Gasteiger partial charge in [0, 0.05) is 6.54 Å². The summed E-state index contributed by atoms with van der Waals surface area (Å²) in [5.41, 5.74) is 2.09. The molecular weight excluding hydrogens is 458 g/mol. The summed E-state index contributed by atoms with van der Waals surface area (Å²) in [5.74, 6) is 1.56. The van der Waals surface area contributed by atoms with E-state index in [2.05, 4.69) is 59.9 Å². The molecule has 5 aliphatic rings. The zero-order valence-corrected chi connectivity index (χ0v) is 25.1. The minimum absolute atomic E-state index is 0.0224. The van der Waals surface area contributed by atoms with Crippen molar-refractivity contribution in [1.29, 1.82) is 0 Å². The average molecular weight is 514 g/mol. The Balaban J connectivity index is 1.54. The van der Waals surface area contributed by atoms with Crippen LogP contribution in [0.2, 0.25) is 0 Å². The lowest BCUT2D eigenvalue weighted by Crippen LogP contribution is -2.65. The first-order valence-electron chi connectivity index (χ1n) is 15.4. The van der Waals surface area contributed by atoms with E-state index in [-0.39, 0.29) is 44.6 Å². The summed E-state index contributed by atoms with van der Waals surface area (Å²) in [6.07, 6.45) is 13.3. The van der Waals surface area contributed by atoms with Crippen LogP contribution in [0.1, 0.15) is 113 Å². The minimum atomic E-state index is -0.351. The number of aliphatic hydroxyl groups is 1. The zero-order valence-electron chi connectivity index (χ0n) is 25.1. The van der Waals surface area contributed by atoms with Crippen LogP contribution >= 0.6 is 0 Å². The first-order chi connectivity index (χ1) is 17.2. The third kappa shape index (κ3) is 3.77. The predicted octanol–water partition coefficient (Wildman–Crippen LogP) is 6.91. The second-order valence-corrected chi connectivity index (χ2v) is 16.0. The van der Waals surface area contributed by atoms with Crippen molar-refractivity contribution in [2.75, 3.05) is 20.2 Å². The highest BCUT2D eigenvalue weighted by Gasteiger charge is 2.69. The van der Waals surface area contributed by atoms with Crippen LogP contribution in [0.4, 0.5) is 0 Å². The summed E-state index contributed by atoms with van der Waals surface area (Å²) < 4.78 is 5.96. The van der Waals surface area contributed by atoms with E-state index in [0.717, 1.165) is 51.4 Å². The summed E-state index contributed by atoms with van der Waals surface area (Å²) >= 11 is 0. The van der Waals surface area contributed by atoms with Gasteiger partial charge in [-0.05, 0) is 116 Å². The molecule has 0 aromatic heterocycles. The Morgan fingerprint density at radius 3 is 2.38 bits per heavy atom. The molecule has 37 heavy (non-hydrogen) atoms. The van der Waals surface area contributed by atoms with Gasteiger partial charge in [0.05, 0.1) is 11.5 Å². The highest BCUT2D eigenvalue weighted by molar-refractivity contribution is 5.78. The van der Waals surface area contributed by atoms with Gasteiger partial charge < -0.3 is 15.2 Å². The molecule has 5 aliphatic carbocycles. The number of nitrogens with one attached hydrogen (secondary N) is 1. The Hall–Kier alpha value is -0.870. The maximum Gasteiger partial charge on any atom is 0.312 e. The Morgan fingerprint density at radius 1 is 0.973 bits per heavy atom. The SMILES string of the molecule is CNCCOC(=O)[C@]12CCC(C)(C)C[C@H]1C1=CC[C@@H]3[C@@]4(C)CC[C@H](O)C(C)(C)[C@@H]4CC[C@@]3(C)[C@]1(C)CC2. The van der Waals surface area contributed by atoms with Gasteiger partial charge in [-0.2, -0.15) is 0 Å². The van der Waals surface area contributed by atoms with E-state index >= 15 is 0 Å². The lowest BCUT2D eigenvalue weighted by Gasteiger charge is -2.71. The Kier molecular flexibility index (Phi) is 6.60. The van der Waals surface area contributed by atoms with Crippen LogP contribution in [0.3, 0.4) is 0 Å². The van der Waals surface area contributed by atoms with E-state index in [1.807, 2.05) is 7.05 Å². The molecule has 0 heterocycles. The summed E-state index contributed by atoms with van der Waals surface area (Å²) in [6, 6.07) is 0. The molecule has 4 nitrogen and oxygen atoms in total. The van der Waals surface area contributed by atoms with E-state index < -0.39 is 0 Å². The van der Waals surface area contributed by atoms with Crippen molar-refractivity contribution >= 4 is 5.97 Å². The highest BCUT2D eigenvalue weighted by Crippen LogP contribution is 2.75. The van der Waals surface area contributed by atoms with Gasteiger partial charge in [-0.25, -0.2) is 0 Å². The first-order valence-corrected chi connectivity index (χ1v) is 15.4. The van der Waals surface area contributed by atoms with Gasteiger partial charge in [0.1, 0.15) is 6.61 Å². The number of carbonyl (C=O) groups excluding carboxylic acids is 1. The summed E-state index contributed by atoms with van der Waals surface area (Å²) in [7, 11) is 1.91. The van der Waals surface area contributed by atoms with Crippen LogP contribution < -0.4 is 5.32 Å². The minimum Gasteiger partial charge on any atom is -0.464 e. The molecular formula is C33H55NO3.